The molecule has 1 rings (SSSR count). The molecule has 0 aliphatic carbocycles. The van der Waals surface area contributed by atoms with Crippen molar-refractivity contribution in [3.05, 3.63) is 0 Å². The lowest BCUT2D eigenvalue weighted by atomic mass is 10.0. The number of halogens is 1. The predicted molar refractivity (Wildman–Crippen MR) is 49.8 cm³/mol. The molecule has 0 N–H and O–H groups in total. The summed E-state index contributed by atoms with van der Waals surface area (Å²) < 4.78 is 22.1. The summed E-state index contributed by atoms with van der Waals surface area (Å²) >= 11 is 3.49. The Hall–Kier alpha value is 0.430. The molecule has 1 aliphatic heterocycles. The van der Waals surface area contributed by atoms with E-state index >= 15 is 0 Å². The van der Waals surface area contributed by atoms with Crippen molar-refractivity contribution >= 4 is 25.8 Å². The van der Waals surface area contributed by atoms with Crippen LogP contribution in [0.3, 0.4) is 0 Å². The Bertz CT molecular complexity index is 223. The number of hydrogen-bond acceptors (Lipinski definition) is 2. The highest BCUT2D eigenvalue weighted by Crippen LogP contribution is 2.27. The molecule has 66 valence electrons. The summed E-state index contributed by atoms with van der Waals surface area (Å²) in [4.78, 5) is 0.389. The summed E-state index contributed by atoms with van der Waals surface area (Å²) in [6.45, 7) is 2.07. The fourth-order valence-corrected chi connectivity index (χ4v) is 4.02. The van der Waals surface area contributed by atoms with Crippen molar-refractivity contribution in [3.63, 3.8) is 0 Å². The van der Waals surface area contributed by atoms with E-state index in [-0.39, 0.29) is 0 Å². The van der Waals surface area contributed by atoms with Crippen LogP contribution in [-0.4, -0.2) is 24.8 Å². The first kappa shape index (κ1) is 9.52. The van der Waals surface area contributed by atoms with Crippen LogP contribution in [0.2, 0.25) is 0 Å². The van der Waals surface area contributed by atoms with Gasteiger partial charge in [-0.05, 0) is 18.8 Å². The fraction of sp³-hybridized carbons (Fsp3) is 1.00. The van der Waals surface area contributed by atoms with Gasteiger partial charge in [-0.25, -0.2) is 8.42 Å². The minimum atomic E-state index is -2.68. The molecule has 0 aromatic rings. The third-order valence-electron chi connectivity index (χ3n) is 2.17. The maximum absolute atomic E-state index is 11.0. The predicted octanol–water partition coefficient (Wildman–Crippen LogP) is 1.59. The summed E-state index contributed by atoms with van der Waals surface area (Å²) in [5.41, 5.74) is 0. The molecule has 0 radical (unpaired) electrons. The number of sulfone groups is 1. The first-order chi connectivity index (χ1) is 5.05. The van der Waals surface area contributed by atoms with E-state index in [0.29, 0.717) is 22.3 Å². The fourth-order valence-electron chi connectivity index (χ4n) is 1.44. The molecular weight excluding hydrogens is 228 g/mol. The zero-order valence-corrected chi connectivity index (χ0v) is 8.99. The van der Waals surface area contributed by atoms with Crippen LogP contribution in [0.4, 0.5) is 0 Å². The van der Waals surface area contributed by atoms with Gasteiger partial charge in [0.1, 0.15) is 0 Å². The van der Waals surface area contributed by atoms with Gasteiger partial charge in [0.15, 0.2) is 9.84 Å². The Morgan fingerprint density at radius 2 is 2.27 bits per heavy atom. The molecule has 1 saturated heterocycles. The summed E-state index contributed by atoms with van der Waals surface area (Å²) in [5, 5.41) is 0. The lowest BCUT2D eigenvalue weighted by Crippen LogP contribution is -2.14. The summed E-state index contributed by atoms with van der Waals surface area (Å²) in [7, 11) is -2.68. The topological polar surface area (TPSA) is 34.1 Å². The minimum absolute atomic E-state index is 0.352. The van der Waals surface area contributed by atoms with Crippen LogP contribution >= 0.6 is 15.9 Å². The van der Waals surface area contributed by atoms with Gasteiger partial charge in [-0.3, -0.25) is 0 Å². The smallest absolute Gasteiger partial charge is 0.150 e. The lowest BCUT2D eigenvalue weighted by Gasteiger charge is -2.12. The molecule has 4 heteroatoms. The van der Waals surface area contributed by atoms with E-state index in [1.807, 2.05) is 0 Å². The van der Waals surface area contributed by atoms with E-state index in [4.69, 9.17) is 0 Å². The van der Waals surface area contributed by atoms with Gasteiger partial charge < -0.3 is 0 Å². The third-order valence-corrected chi connectivity index (χ3v) is 5.36. The quantitative estimate of drug-likeness (QED) is 0.688. The molecule has 1 fully saturated rings. The number of rotatable bonds is 2. The molecule has 0 saturated carbocycles. The average molecular weight is 241 g/mol. The molecule has 11 heavy (non-hydrogen) atoms. The molecule has 1 heterocycles. The van der Waals surface area contributed by atoms with Crippen LogP contribution in [0, 0.1) is 5.92 Å². The van der Waals surface area contributed by atoms with Crippen molar-refractivity contribution in [3.8, 4) is 0 Å². The van der Waals surface area contributed by atoms with Crippen LogP contribution in [-0.2, 0) is 9.84 Å². The van der Waals surface area contributed by atoms with E-state index in [0.717, 1.165) is 12.8 Å². The van der Waals surface area contributed by atoms with Crippen molar-refractivity contribution in [2.45, 2.75) is 24.6 Å². The van der Waals surface area contributed by atoms with Crippen molar-refractivity contribution in [2.75, 3.05) is 11.5 Å². The van der Waals surface area contributed by atoms with Crippen molar-refractivity contribution in [1.82, 2.24) is 0 Å². The molecule has 0 aromatic carbocycles. The second-order valence-corrected chi connectivity index (χ2v) is 6.49. The van der Waals surface area contributed by atoms with Crippen LogP contribution in [0.1, 0.15) is 19.8 Å². The summed E-state index contributed by atoms with van der Waals surface area (Å²) in [5.74, 6) is 1.13. The Labute approximate surface area is 76.4 Å². The SMILES string of the molecule is CCC(Br)C1CCS(=O)(=O)C1. The molecule has 2 atom stereocenters. The third kappa shape index (κ3) is 2.44. The largest absolute Gasteiger partial charge is 0.229 e. The second-order valence-electron chi connectivity index (χ2n) is 3.09. The molecule has 2 unspecified atom stereocenters. The zero-order valence-electron chi connectivity index (χ0n) is 6.59. The van der Waals surface area contributed by atoms with E-state index in [2.05, 4.69) is 22.9 Å². The first-order valence-electron chi connectivity index (χ1n) is 3.89. The highest BCUT2D eigenvalue weighted by atomic mass is 79.9. The molecule has 2 nitrogen and oxygen atoms in total. The second kappa shape index (κ2) is 3.44. The van der Waals surface area contributed by atoms with Gasteiger partial charge in [-0.1, -0.05) is 22.9 Å². The standard InChI is InChI=1S/C7H13BrO2S/c1-2-7(8)6-3-4-11(9,10)5-6/h6-7H,2-5H2,1H3. The molecule has 0 aromatic heterocycles. The molecular formula is C7H13BrO2S. The maximum Gasteiger partial charge on any atom is 0.150 e. The number of hydrogen-bond donors (Lipinski definition) is 0. The van der Waals surface area contributed by atoms with E-state index in [1.54, 1.807) is 0 Å². The zero-order chi connectivity index (χ0) is 8.48. The highest BCUT2D eigenvalue weighted by molar-refractivity contribution is 9.09. The maximum atomic E-state index is 11.0. The van der Waals surface area contributed by atoms with Crippen LogP contribution in [0.15, 0.2) is 0 Å². The summed E-state index contributed by atoms with van der Waals surface area (Å²) in [6.07, 6.45) is 1.85. The van der Waals surface area contributed by atoms with Gasteiger partial charge in [0.05, 0.1) is 11.5 Å². The summed E-state index contributed by atoms with van der Waals surface area (Å²) in [6, 6.07) is 0. The number of alkyl halides is 1. The highest BCUT2D eigenvalue weighted by Gasteiger charge is 2.31. The van der Waals surface area contributed by atoms with Gasteiger partial charge in [-0.15, -0.1) is 0 Å². The average Bonchev–Trinajstić information content (AvgIpc) is 2.29. The van der Waals surface area contributed by atoms with E-state index in [9.17, 15) is 8.42 Å². The molecule has 0 amide bonds. The minimum Gasteiger partial charge on any atom is -0.229 e. The van der Waals surface area contributed by atoms with Crippen LogP contribution in [0.5, 0.6) is 0 Å². The first-order valence-corrected chi connectivity index (χ1v) is 6.63. The van der Waals surface area contributed by atoms with Crippen molar-refractivity contribution < 1.29 is 8.42 Å². The molecule has 0 bridgehead atoms. The van der Waals surface area contributed by atoms with E-state index < -0.39 is 9.84 Å². The Balaban J connectivity index is 2.55. The molecule has 1 aliphatic rings. The van der Waals surface area contributed by atoms with Gasteiger partial charge in [-0.2, -0.15) is 0 Å². The van der Waals surface area contributed by atoms with Crippen LogP contribution in [0.25, 0.3) is 0 Å². The van der Waals surface area contributed by atoms with Gasteiger partial charge >= 0.3 is 0 Å². The van der Waals surface area contributed by atoms with Crippen LogP contribution < -0.4 is 0 Å². The Kier molecular flexibility index (Phi) is 2.97. The monoisotopic (exact) mass is 240 g/mol. The van der Waals surface area contributed by atoms with Gasteiger partial charge in [0, 0.05) is 4.83 Å². The molecule has 0 spiro atoms. The van der Waals surface area contributed by atoms with Gasteiger partial charge in [0.25, 0.3) is 0 Å². The van der Waals surface area contributed by atoms with E-state index in [1.165, 1.54) is 0 Å². The normalized spacial score (nSPS) is 32.0. The lowest BCUT2D eigenvalue weighted by molar-refractivity contribution is 0.556. The Morgan fingerprint density at radius 3 is 2.64 bits per heavy atom. The van der Waals surface area contributed by atoms with Crippen molar-refractivity contribution in [2.24, 2.45) is 5.92 Å². The van der Waals surface area contributed by atoms with Gasteiger partial charge in [0.2, 0.25) is 0 Å². The Morgan fingerprint density at radius 1 is 1.64 bits per heavy atom. The van der Waals surface area contributed by atoms with Crippen molar-refractivity contribution in [1.29, 1.82) is 0 Å².